The van der Waals surface area contributed by atoms with Gasteiger partial charge in [-0.2, -0.15) is 0 Å². The van der Waals surface area contributed by atoms with Crippen LogP contribution in [0.5, 0.6) is 5.75 Å². The largest absolute Gasteiger partial charge is 0.474 e. The van der Waals surface area contributed by atoms with Crippen LogP contribution in [0.15, 0.2) is 48.5 Å². The number of nitrogens with one attached hydrogen (secondary N) is 1. The number of amides is 1. The summed E-state index contributed by atoms with van der Waals surface area (Å²) in [6.07, 6.45) is -0.638. The van der Waals surface area contributed by atoms with E-state index in [-0.39, 0.29) is 12.5 Å². The van der Waals surface area contributed by atoms with Crippen molar-refractivity contribution in [3.63, 3.8) is 0 Å². The fraction of sp³-hybridized carbons (Fsp3) is 0.278. The van der Waals surface area contributed by atoms with Crippen LogP contribution in [0.2, 0.25) is 0 Å². The van der Waals surface area contributed by atoms with Gasteiger partial charge in [0.25, 0.3) is 5.91 Å². The van der Waals surface area contributed by atoms with E-state index in [1.165, 1.54) is 0 Å². The van der Waals surface area contributed by atoms with E-state index in [0.717, 1.165) is 11.1 Å². The van der Waals surface area contributed by atoms with Crippen LogP contribution >= 0.6 is 0 Å². The molecule has 3 rings (SSSR count). The SMILES string of the molecule is CNCCN1C(=O)C(c2ccccc2)Oc2ccc(CO)cc21. The number of hydrogen-bond donors (Lipinski definition) is 2. The lowest BCUT2D eigenvalue weighted by atomic mass is 10.0. The second-order valence-electron chi connectivity index (χ2n) is 5.46. The fourth-order valence-electron chi connectivity index (χ4n) is 2.70. The molecular formula is C18H20N2O3. The summed E-state index contributed by atoms with van der Waals surface area (Å²) in [4.78, 5) is 14.6. The van der Waals surface area contributed by atoms with Crippen molar-refractivity contribution in [2.24, 2.45) is 0 Å². The molecule has 23 heavy (non-hydrogen) atoms. The molecule has 1 heterocycles. The van der Waals surface area contributed by atoms with Gasteiger partial charge < -0.3 is 20.1 Å². The van der Waals surface area contributed by atoms with Gasteiger partial charge in [-0.1, -0.05) is 36.4 Å². The number of anilines is 1. The monoisotopic (exact) mass is 312 g/mol. The first-order valence-electron chi connectivity index (χ1n) is 7.66. The Morgan fingerprint density at radius 1 is 1.22 bits per heavy atom. The second kappa shape index (κ2) is 6.81. The minimum Gasteiger partial charge on any atom is -0.474 e. The summed E-state index contributed by atoms with van der Waals surface area (Å²) in [5, 5.41) is 12.4. The van der Waals surface area contributed by atoms with Gasteiger partial charge in [-0.15, -0.1) is 0 Å². The molecule has 0 saturated heterocycles. The standard InChI is InChI=1S/C18H20N2O3/c1-19-9-10-20-15-11-13(12-21)7-8-16(15)23-17(18(20)22)14-5-3-2-4-6-14/h2-8,11,17,19,21H,9-10,12H2,1H3. The number of rotatable bonds is 5. The van der Waals surface area contributed by atoms with Gasteiger partial charge in [0.05, 0.1) is 12.3 Å². The van der Waals surface area contributed by atoms with Crippen molar-refractivity contribution >= 4 is 11.6 Å². The fourth-order valence-corrected chi connectivity index (χ4v) is 2.70. The third kappa shape index (κ3) is 3.06. The molecule has 1 atom stereocenters. The van der Waals surface area contributed by atoms with Crippen LogP contribution in [-0.4, -0.2) is 31.2 Å². The Balaban J connectivity index is 2.00. The Labute approximate surface area is 135 Å². The first kappa shape index (κ1) is 15.5. The van der Waals surface area contributed by atoms with Gasteiger partial charge in [0.15, 0.2) is 0 Å². The molecule has 0 spiro atoms. The molecule has 2 N–H and O–H groups in total. The van der Waals surface area contributed by atoms with E-state index < -0.39 is 6.10 Å². The zero-order valence-corrected chi connectivity index (χ0v) is 13.0. The summed E-state index contributed by atoms with van der Waals surface area (Å²) >= 11 is 0. The lowest BCUT2D eigenvalue weighted by molar-refractivity contribution is -0.126. The van der Waals surface area contributed by atoms with E-state index >= 15 is 0 Å². The van der Waals surface area contributed by atoms with Gasteiger partial charge >= 0.3 is 0 Å². The van der Waals surface area contributed by atoms with E-state index in [4.69, 9.17) is 4.74 Å². The van der Waals surface area contributed by atoms with E-state index in [9.17, 15) is 9.90 Å². The molecule has 0 fully saturated rings. The molecule has 0 aromatic heterocycles. The van der Waals surface area contributed by atoms with Gasteiger partial charge in [0.2, 0.25) is 6.10 Å². The van der Waals surface area contributed by atoms with Crippen molar-refractivity contribution < 1.29 is 14.6 Å². The van der Waals surface area contributed by atoms with Gasteiger partial charge in [-0.3, -0.25) is 4.79 Å². The minimum atomic E-state index is -0.638. The topological polar surface area (TPSA) is 61.8 Å². The van der Waals surface area contributed by atoms with Crippen molar-refractivity contribution in [3.05, 3.63) is 59.7 Å². The zero-order chi connectivity index (χ0) is 16.2. The molecule has 1 amide bonds. The molecule has 5 nitrogen and oxygen atoms in total. The highest BCUT2D eigenvalue weighted by Gasteiger charge is 2.35. The average Bonchev–Trinajstić information content (AvgIpc) is 2.61. The molecule has 120 valence electrons. The molecular weight excluding hydrogens is 292 g/mol. The number of aliphatic hydroxyl groups is 1. The van der Waals surface area contributed by atoms with Crippen LogP contribution in [0.4, 0.5) is 5.69 Å². The lowest BCUT2D eigenvalue weighted by Gasteiger charge is -2.35. The van der Waals surface area contributed by atoms with Crippen molar-refractivity contribution in [1.82, 2.24) is 5.32 Å². The number of carbonyl (C=O) groups excluding carboxylic acids is 1. The molecule has 1 aliphatic rings. The molecule has 0 radical (unpaired) electrons. The van der Waals surface area contributed by atoms with Gasteiger partial charge in [0, 0.05) is 18.7 Å². The third-order valence-electron chi connectivity index (χ3n) is 3.92. The quantitative estimate of drug-likeness (QED) is 0.885. The summed E-state index contributed by atoms with van der Waals surface area (Å²) in [6.45, 7) is 1.16. The minimum absolute atomic E-state index is 0.0660. The summed E-state index contributed by atoms with van der Waals surface area (Å²) in [5.41, 5.74) is 2.31. The number of hydrogen-bond acceptors (Lipinski definition) is 4. The zero-order valence-electron chi connectivity index (χ0n) is 13.0. The van der Waals surface area contributed by atoms with Crippen LogP contribution in [-0.2, 0) is 11.4 Å². The number of ether oxygens (including phenoxy) is 1. The molecule has 2 aromatic carbocycles. The number of benzene rings is 2. The number of likely N-dealkylation sites (N-methyl/N-ethyl adjacent to an activating group) is 1. The summed E-state index contributed by atoms with van der Waals surface area (Å²) in [7, 11) is 1.85. The Morgan fingerprint density at radius 2 is 2.00 bits per heavy atom. The Morgan fingerprint density at radius 3 is 2.70 bits per heavy atom. The maximum absolute atomic E-state index is 12.9. The average molecular weight is 312 g/mol. The predicted molar refractivity (Wildman–Crippen MR) is 88.5 cm³/mol. The third-order valence-corrected chi connectivity index (χ3v) is 3.92. The molecule has 0 saturated carbocycles. The highest BCUT2D eigenvalue weighted by atomic mass is 16.5. The summed E-state index contributed by atoms with van der Waals surface area (Å²) in [6, 6.07) is 14.9. The highest BCUT2D eigenvalue weighted by molar-refractivity contribution is 6.00. The normalized spacial score (nSPS) is 16.9. The van der Waals surface area contributed by atoms with Gasteiger partial charge in [-0.25, -0.2) is 0 Å². The Hall–Kier alpha value is -2.37. The van der Waals surface area contributed by atoms with E-state index in [1.807, 2.05) is 55.6 Å². The van der Waals surface area contributed by atoms with Crippen LogP contribution in [0.1, 0.15) is 17.2 Å². The van der Waals surface area contributed by atoms with E-state index in [1.54, 1.807) is 4.90 Å². The van der Waals surface area contributed by atoms with Crippen LogP contribution in [0.25, 0.3) is 0 Å². The molecule has 2 aromatic rings. The molecule has 0 aliphatic carbocycles. The smallest absolute Gasteiger partial charge is 0.272 e. The maximum atomic E-state index is 12.9. The van der Waals surface area contributed by atoms with Crippen LogP contribution < -0.4 is 15.0 Å². The first-order chi connectivity index (χ1) is 11.2. The van der Waals surface area contributed by atoms with Gasteiger partial charge in [0.1, 0.15) is 5.75 Å². The molecule has 1 unspecified atom stereocenters. The van der Waals surface area contributed by atoms with Crippen molar-refractivity contribution in [3.8, 4) is 5.75 Å². The number of carbonyl (C=O) groups is 1. The van der Waals surface area contributed by atoms with E-state index in [0.29, 0.717) is 24.5 Å². The van der Waals surface area contributed by atoms with Crippen molar-refractivity contribution in [2.75, 3.05) is 25.0 Å². The van der Waals surface area contributed by atoms with Crippen LogP contribution in [0, 0.1) is 0 Å². The Kier molecular flexibility index (Phi) is 4.60. The number of nitrogens with zero attached hydrogens (tertiary/aromatic N) is 1. The van der Waals surface area contributed by atoms with Crippen LogP contribution in [0.3, 0.4) is 0 Å². The van der Waals surface area contributed by atoms with Crippen molar-refractivity contribution in [2.45, 2.75) is 12.7 Å². The molecule has 0 bridgehead atoms. The van der Waals surface area contributed by atoms with Crippen molar-refractivity contribution in [1.29, 1.82) is 0 Å². The van der Waals surface area contributed by atoms with E-state index in [2.05, 4.69) is 5.32 Å². The summed E-state index contributed by atoms with van der Waals surface area (Å²) < 4.78 is 5.95. The highest BCUT2D eigenvalue weighted by Crippen LogP contribution is 2.39. The molecule has 5 heteroatoms. The lowest BCUT2D eigenvalue weighted by Crippen LogP contribution is -2.44. The Bertz CT molecular complexity index is 688. The van der Waals surface area contributed by atoms with Gasteiger partial charge in [-0.05, 0) is 24.7 Å². The second-order valence-corrected chi connectivity index (χ2v) is 5.46. The number of fused-ring (bicyclic) bond motifs is 1. The maximum Gasteiger partial charge on any atom is 0.272 e. The predicted octanol–water partition coefficient (Wildman–Crippen LogP) is 1.86. The molecule has 1 aliphatic heterocycles. The first-order valence-corrected chi connectivity index (χ1v) is 7.66. The summed E-state index contributed by atoms with van der Waals surface area (Å²) in [5.74, 6) is 0.570. The number of aliphatic hydroxyl groups excluding tert-OH is 1.